The molecule has 19 heavy (non-hydrogen) atoms. The Morgan fingerprint density at radius 2 is 2.32 bits per heavy atom. The van der Waals surface area contributed by atoms with Crippen LogP contribution < -0.4 is 11.1 Å². The van der Waals surface area contributed by atoms with E-state index in [-0.39, 0.29) is 5.91 Å². The minimum absolute atomic E-state index is 0.0286. The molecule has 1 fully saturated rings. The molecular formula is C14H23N3OS. The zero-order valence-corrected chi connectivity index (χ0v) is 12.3. The van der Waals surface area contributed by atoms with Crippen LogP contribution in [0.3, 0.4) is 0 Å². The number of hydrogen-bond donors (Lipinski definition) is 2. The highest BCUT2D eigenvalue weighted by molar-refractivity contribution is 7.09. The first kappa shape index (κ1) is 14.5. The lowest BCUT2D eigenvalue weighted by atomic mass is 10.0. The predicted octanol–water partition coefficient (Wildman–Crippen LogP) is 2.34. The van der Waals surface area contributed by atoms with Crippen LogP contribution in [-0.2, 0) is 6.42 Å². The van der Waals surface area contributed by atoms with E-state index in [1.807, 2.05) is 5.38 Å². The van der Waals surface area contributed by atoms with Crippen molar-refractivity contribution >= 4 is 17.2 Å². The van der Waals surface area contributed by atoms with Gasteiger partial charge in [-0.25, -0.2) is 4.98 Å². The van der Waals surface area contributed by atoms with Crippen molar-refractivity contribution in [2.24, 2.45) is 11.7 Å². The minimum atomic E-state index is -0.0286. The first-order valence-corrected chi connectivity index (χ1v) is 8.02. The maximum absolute atomic E-state index is 12.1. The first-order valence-electron chi connectivity index (χ1n) is 7.14. The molecule has 0 saturated heterocycles. The number of hydrogen-bond acceptors (Lipinski definition) is 4. The Bertz CT molecular complexity index is 419. The Balaban J connectivity index is 1.88. The average Bonchev–Trinajstić information content (AvgIpc) is 2.75. The van der Waals surface area contributed by atoms with E-state index in [9.17, 15) is 4.79 Å². The van der Waals surface area contributed by atoms with Crippen LogP contribution >= 0.6 is 11.3 Å². The van der Waals surface area contributed by atoms with Gasteiger partial charge in [-0.05, 0) is 31.7 Å². The quantitative estimate of drug-likeness (QED) is 0.832. The molecule has 1 aliphatic rings. The summed E-state index contributed by atoms with van der Waals surface area (Å²) in [4.78, 5) is 16.5. The molecule has 1 amide bonds. The third-order valence-electron chi connectivity index (χ3n) is 3.74. The number of carbonyl (C=O) groups is 1. The lowest BCUT2D eigenvalue weighted by Crippen LogP contribution is -2.34. The summed E-state index contributed by atoms with van der Waals surface area (Å²) in [5.74, 6) is 0.761. The van der Waals surface area contributed by atoms with Crippen molar-refractivity contribution in [1.29, 1.82) is 0 Å². The second-order valence-electron chi connectivity index (χ2n) is 5.45. The highest BCUT2D eigenvalue weighted by Crippen LogP contribution is 2.23. The maximum atomic E-state index is 12.1. The third-order valence-corrected chi connectivity index (χ3v) is 4.64. The first-order chi connectivity index (χ1) is 9.19. The fraction of sp³-hybridized carbons (Fsp3) is 0.714. The molecule has 1 aliphatic carbocycles. The van der Waals surface area contributed by atoms with Crippen LogP contribution in [0.15, 0.2) is 5.38 Å². The molecule has 2 atom stereocenters. The van der Waals surface area contributed by atoms with Crippen LogP contribution in [0.2, 0.25) is 0 Å². The Hall–Kier alpha value is -0.940. The standard InChI is InChI=1S/C14H23N3OS/c1-10-3-2-4-11(6-5-10)16-14(18)12-9-19-13(17-12)7-8-15/h9-11H,2-8,15H2,1H3,(H,16,18). The molecule has 1 saturated carbocycles. The maximum Gasteiger partial charge on any atom is 0.270 e. The largest absolute Gasteiger partial charge is 0.348 e. The smallest absolute Gasteiger partial charge is 0.270 e. The van der Waals surface area contributed by atoms with Crippen LogP contribution in [0.5, 0.6) is 0 Å². The van der Waals surface area contributed by atoms with Crippen LogP contribution in [0.25, 0.3) is 0 Å². The number of nitrogens with zero attached hydrogens (tertiary/aromatic N) is 1. The molecule has 1 aromatic rings. The van der Waals surface area contributed by atoms with Gasteiger partial charge in [0, 0.05) is 17.8 Å². The molecule has 0 radical (unpaired) electrons. The van der Waals surface area contributed by atoms with Gasteiger partial charge in [0.15, 0.2) is 0 Å². The molecule has 5 heteroatoms. The van der Waals surface area contributed by atoms with Gasteiger partial charge < -0.3 is 11.1 Å². The van der Waals surface area contributed by atoms with Crippen molar-refractivity contribution in [3.8, 4) is 0 Å². The summed E-state index contributed by atoms with van der Waals surface area (Å²) in [5, 5.41) is 5.90. The highest BCUT2D eigenvalue weighted by Gasteiger charge is 2.19. The van der Waals surface area contributed by atoms with Crippen molar-refractivity contribution in [1.82, 2.24) is 10.3 Å². The fourth-order valence-electron chi connectivity index (χ4n) is 2.54. The Morgan fingerprint density at radius 3 is 3.11 bits per heavy atom. The van der Waals surface area contributed by atoms with Gasteiger partial charge in [0.05, 0.1) is 5.01 Å². The molecule has 0 aromatic carbocycles. The number of nitrogens with two attached hydrogens (primary N) is 1. The topological polar surface area (TPSA) is 68.0 Å². The lowest BCUT2D eigenvalue weighted by Gasteiger charge is -2.15. The zero-order chi connectivity index (χ0) is 13.7. The van der Waals surface area contributed by atoms with E-state index in [1.165, 1.54) is 30.6 Å². The van der Waals surface area contributed by atoms with Crippen LogP contribution in [0, 0.1) is 5.92 Å². The summed E-state index contributed by atoms with van der Waals surface area (Å²) in [6.45, 7) is 2.87. The van der Waals surface area contributed by atoms with Gasteiger partial charge in [-0.1, -0.05) is 19.8 Å². The van der Waals surface area contributed by atoms with Crippen molar-refractivity contribution in [3.63, 3.8) is 0 Å². The van der Waals surface area contributed by atoms with E-state index in [1.54, 1.807) is 0 Å². The molecule has 1 heterocycles. The fourth-order valence-corrected chi connectivity index (χ4v) is 3.34. The van der Waals surface area contributed by atoms with E-state index in [4.69, 9.17) is 5.73 Å². The second kappa shape index (κ2) is 7.01. The number of aromatic nitrogens is 1. The van der Waals surface area contributed by atoms with Gasteiger partial charge in [0.25, 0.3) is 5.91 Å². The predicted molar refractivity (Wildman–Crippen MR) is 78.4 cm³/mol. The summed E-state index contributed by atoms with van der Waals surface area (Å²) >= 11 is 1.52. The SMILES string of the molecule is CC1CCCC(NC(=O)c2csc(CCN)n2)CC1. The van der Waals surface area contributed by atoms with Gasteiger partial charge in [-0.15, -0.1) is 11.3 Å². The molecular weight excluding hydrogens is 258 g/mol. The molecule has 0 bridgehead atoms. The normalized spacial score (nSPS) is 23.9. The number of carbonyl (C=O) groups excluding carboxylic acids is 1. The molecule has 3 N–H and O–H groups in total. The molecule has 0 aliphatic heterocycles. The Kier molecular flexibility index (Phi) is 5.34. The van der Waals surface area contributed by atoms with Crippen LogP contribution in [0.1, 0.15) is 54.5 Å². The summed E-state index contributed by atoms with van der Waals surface area (Å²) in [6, 6.07) is 0.317. The second-order valence-corrected chi connectivity index (χ2v) is 6.39. The van der Waals surface area contributed by atoms with E-state index >= 15 is 0 Å². The molecule has 2 rings (SSSR count). The number of nitrogens with one attached hydrogen (secondary N) is 1. The highest BCUT2D eigenvalue weighted by atomic mass is 32.1. The van der Waals surface area contributed by atoms with E-state index in [0.29, 0.717) is 18.3 Å². The third kappa shape index (κ3) is 4.28. The van der Waals surface area contributed by atoms with Gasteiger partial charge in [0.1, 0.15) is 5.69 Å². The molecule has 2 unspecified atom stereocenters. The number of amides is 1. The number of rotatable bonds is 4. The van der Waals surface area contributed by atoms with E-state index in [0.717, 1.165) is 30.2 Å². The van der Waals surface area contributed by atoms with Gasteiger partial charge in [-0.2, -0.15) is 0 Å². The molecule has 4 nitrogen and oxygen atoms in total. The van der Waals surface area contributed by atoms with Crippen molar-refractivity contribution in [2.45, 2.75) is 51.5 Å². The van der Waals surface area contributed by atoms with Gasteiger partial charge >= 0.3 is 0 Å². The van der Waals surface area contributed by atoms with E-state index in [2.05, 4.69) is 17.2 Å². The monoisotopic (exact) mass is 281 g/mol. The van der Waals surface area contributed by atoms with Crippen molar-refractivity contribution < 1.29 is 4.79 Å². The molecule has 1 aromatic heterocycles. The van der Waals surface area contributed by atoms with Gasteiger partial charge in [0.2, 0.25) is 0 Å². The summed E-state index contributed by atoms with van der Waals surface area (Å²) in [6.07, 6.45) is 6.63. The van der Waals surface area contributed by atoms with Gasteiger partial charge in [-0.3, -0.25) is 4.79 Å². The lowest BCUT2D eigenvalue weighted by molar-refractivity contribution is 0.0928. The summed E-state index contributed by atoms with van der Waals surface area (Å²) in [7, 11) is 0. The van der Waals surface area contributed by atoms with Crippen LogP contribution in [-0.4, -0.2) is 23.5 Å². The van der Waals surface area contributed by atoms with E-state index < -0.39 is 0 Å². The van der Waals surface area contributed by atoms with Crippen LogP contribution in [0.4, 0.5) is 0 Å². The average molecular weight is 281 g/mol. The number of thiazole rings is 1. The Labute approximate surface area is 118 Å². The molecule has 106 valence electrons. The molecule has 0 spiro atoms. The van der Waals surface area contributed by atoms with Crippen molar-refractivity contribution in [3.05, 3.63) is 16.1 Å². The minimum Gasteiger partial charge on any atom is -0.348 e. The Morgan fingerprint density at radius 1 is 1.47 bits per heavy atom. The summed E-state index contributed by atoms with van der Waals surface area (Å²) in [5.41, 5.74) is 6.04. The zero-order valence-electron chi connectivity index (χ0n) is 11.5. The van der Waals surface area contributed by atoms with Crippen molar-refractivity contribution in [2.75, 3.05) is 6.54 Å². The summed E-state index contributed by atoms with van der Waals surface area (Å²) < 4.78 is 0.